The van der Waals surface area contributed by atoms with Crippen LogP contribution in [0.3, 0.4) is 0 Å². The molecule has 1 fully saturated rings. The van der Waals surface area contributed by atoms with Gasteiger partial charge in [-0.2, -0.15) is 0 Å². The summed E-state index contributed by atoms with van der Waals surface area (Å²) in [5, 5.41) is 2.91. The lowest BCUT2D eigenvalue weighted by Gasteiger charge is -2.46. The van der Waals surface area contributed by atoms with E-state index in [0.717, 1.165) is 17.9 Å². The van der Waals surface area contributed by atoms with Crippen LogP contribution in [0.1, 0.15) is 31.0 Å². The number of ether oxygens (including phenoxy) is 1. The Morgan fingerprint density at radius 2 is 1.90 bits per heavy atom. The molecule has 4 rings (SSSR count). The van der Waals surface area contributed by atoms with Gasteiger partial charge in [-0.25, -0.2) is 0 Å². The lowest BCUT2D eigenvalue weighted by Crippen LogP contribution is -2.54. The fourth-order valence-corrected chi connectivity index (χ4v) is 4.49. The Labute approximate surface area is 169 Å². The number of hydrogen-bond acceptors (Lipinski definition) is 4. The molecule has 7 nitrogen and oxygen atoms in total. The van der Waals surface area contributed by atoms with E-state index in [1.807, 2.05) is 36.4 Å². The number of pyridine rings is 1. The Morgan fingerprint density at radius 1 is 1.10 bits per heavy atom. The van der Waals surface area contributed by atoms with Gasteiger partial charge in [-0.1, -0.05) is 24.3 Å². The van der Waals surface area contributed by atoms with Crippen molar-refractivity contribution in [2.45, 2.75) is 25.3 Å². The van der Waals surface area contributed by atoms with Crippen molar-refractivity contribution in [3.8, 4) is 5.75 Å². The van der Waals surface area contributed by atoms with Gasteiger partial charge in [0.05, 0.1) is 6.54 Å². The van der Waals surface area contributed by atoms with Gasteiger partial charge in [0.1, 0.15) is 18.4 Å². The minimum absolute atomic E-state index is 0.00171. The SMILES string of the molecule is CC(=O)N1C[C@H]2C[C@@H](C1)[C@H](C(=O)NCCOc1ccccc1)n1c2cccc1=O. The third kappa shape index (κ3) is 3.90. The first-order valence-corrected chi connectivity index (χ1v) is 9.97. The molecule has 0 unspecified atom stereocenters. The Hall–Kier alpha value is -3.09. The van der Waals surface area contributed by atoms with Crippen molar-refractivity contribution in [1.29, 1.82) is 0 Å². The van der Waals surface area contributed by atoms with Crippen LogP contribution < -0.4 is 15.6 Å². The van der Waals surface area contributed by atoms with Gasteiger partial charge >= 0.3 is 0 Å². The van der Waals surface area contributed by atoms with E-state index in [1.54, 1.807) is 22.5 Å². The summed E-state index contributed by atoms with van der Waals surface area (Å²) in [6.45, 7) is 3.31. The zero-order chi connectivity index (χ0) is 20.4. The van der Waals surface area contributed by atoms with Gasteiger partial charge in [0.15, 0.2) is 0 Å². The smallest absolute Gasteiger partial charge is 0.251 e. The predicted molar refractivity (Wildman–Crippen MR) is 108 cm³/mol. The molecule has 2 aromatic rings. The summed E-state index contributed by atoms with van der Waals surface area (Å²) in [6, 6.07) is 13.9. The van der Waals surface area contributed by atoms with Crippen LogP contribution in [-0.2, 0) is 9.59 Å². The molecule has 0 spiro atoms. The topological polar surface area (TPSA) is 80.6 Å². The van der Waals surface area contributed by atoms with Gasteiger partial charge in [-0.3, -0.25) is 19.0 Å². The van der Waals surface area contributed by atoms with Crippen molar-refractivity contribution in [3.63, 3.8) is 0 Å². The molecular weight excluding hydrogens is 370 g/mol. The maximum atomic E-state index is 13.1. The number of fused-ring (bicyclic) bond motifs is 4. The maximum absolute atomic E-state index is 13.1. The zero-order valence-electron chi connectivity index (χ0n) is 16.4. The number of para-hydroxylation sites is 1. The minimum Gasteiger partial charge on any atom is -0.492 e. The number of nitrogens with one attached hydrogen (secondary N) is 1. The average molecular weight is 395 g/mol. The quantitative estimate of drug-likeness (QED) is 0.779. The van der Waals surface area contributed by atoms with Crippen LogP contribution in [0.2, 0.25) is 0 Å². The van der Waals surface area contributed by atoms with Crippen LogP contribution in [0.4, 0.5) is 0 Å². The van der Waals surface area contributed by atoms with Crippen molar-refractivity contribution in [2.24, 2.45) is 5.92 Å². The first kappa shape index (κ1) is 19.2. The largest absolute Gasteiger partial charge is 0.492 e. The van der Waals surface area contributed by atoms with Gasteiger partial charge in [0.25, 0.3) is 5.56 Å². The molecule has 1 N–H and O–H groups in total. The third-order valence-corrected chi connectivity index (χ3v) is 5.77. The molecular formula is C22H25N3O4. The molecule has 29 heavy (non-hydrogen) atoms. The highest BCUT2D eigenvalue weighted by molar-refractivity contribution is 5.81. The minimum atomic E-state index is -0.617. The van der Waals surface area contributed by atoms with E-state index in [2.05, 4.69) is 5.32 Å². The molecule has 0 saturated carbocycles. The van der Waals surface area contributed by atoms with Crippen LogP contribution in [0.5, 0.6) is 5.75 Å². The number of nitrogens with zero attached hydrogens (tertiary/aromatic N) is 2. The van der Waals surface area contributed by atoms with Gasteiger partial charge in [-0.05, 0) is 24.6 Å². The first-order valence-electron chi connectivity index (χ1n) is 9.97. The van der Waals surface area contributed by atoms with Crippen molar-refractivity contribution in [3.05, 3.63) is 64.6 Å². The number of carbonyl (C=O) groups is 2. The fourth-order valence-electron chi connectivity index (χ4n) is 4.49. The number of amides is 2. The van der Waals surface area contributed by atoms with Crippen molar-refractivity contribution >= 4 is 11.8 Å². The summed E-state index contributed by atoms with van der Waals surface area (Å²) in [4.78, 5) is 39.5. The molecule has 1 saturated heterocycles. The van der Waals surface area contributed by atoms with Crippen LogP contribution >= 0.6 is 0 Å². The number of benzene rings is 1. The molecule has 2 aliphatic heterocycles. The normalized spacial score (nSPS) is 22.5. The third-order valence-electron chi connectivity index (χ3n) is 5.77. The predicted octanol–water partition coefficient (Wildman–Crippen LogP) is 1.55. The molecule has 1 aromatic carbocycles. The lowest BCUT2D eigenvalue weighted by molar-refractivity contribution is -0.135. The molecule has 152 valence electrons. The highest BCUT2D eigenvalue weighted by atomic mass is 16.5. The standard InChI is InChI=1S/C22H25N3O4/c1-15(26)24-13-16-12-17(14-24)21(25-19(16)8-5-9-20(25)27)22(28)23-10-11-29-18-6-3-2-4-7-18/h2-9,16-17,21H,10-14H2,1H3,(H,23,28)/t16-,17+,21-/m1/s1. The Kier molecular flexibility index (Phi) is 5.38. The van der Waals surface area contributed by atoms with Crippen LogP contribution in [0.25, 0.3) is 0 Å². The Balaban J connectivity index is 1.50. The molecule has 0 aliphatic carbocycles. The van der Waals surface area contributed by atoms with Gasteiger partial charge in [-0.15, -0.1) is 0 Å². The van der Waals surface area contributed by atoms with Gasteiger partial charge in [0.2, 0.25) is 11.8 Å². The van der Waals surface area contributed by atoms with E-state index < -0.39 is 6.04 Å². The molecule has 2 bridgehead atoms. The zero-order valence-corrected chi connectivity index (χ0v) is 16.4. The number of aromatic nitrogens is 1. The summed E-state index contributed by atoms with van der Waals surface area (Å²) in [6.07, 6.45) is 0.797. The molecule has 0 radical (unpaired) electrons. The summed E-state index contributed by atoms with van der Waals surface area (Å²) < 4.78 is 7.26. The summed E-state index contributed by atoms with van der Waals surface area (Å²) in [5.41, 5.74) is 0.662. The molecule has 3 heterocycles. The summed E-state index contributed by atoms with van der Waals surface area (Å²) in [5.74, 6) is 0.539. The number of likely N-dealkylation sites (tertiary alicyclic amines) is 1. The van der Waals surface area contributed by atoms with Crippen LogP contribution in [-0.4, -0.2) is 47.5 Å². The maximum Gasteiger partial charge on any atom is 0.251 e. The molecule has 3 atom stereocenters. The first-order chi connectivity index (χ1) is 14.0. The van der Waals surface area contributed by atoms with E-state index in [1.165, 1.54) is 6.07 Å². The highest BCUT2D eigenvalue weighted by Gasteiger charge is 2.44. The number of carbonyl (C=O) groups excluding carboxylic acids is 2. The number of piperidine rings is 1. The average Bonchev–Trinajstić information content (AvgIpc) is 2.72. The Bertz CT molecular complexity index is 956. The molecule has 7 heteroatoms. The summed E-state index contributed by atoms with van der Waals surface area (Å²) >= 11 is 0. The second-order valence-corrected chi connectivity index (χ2v) is 7.67. The lowest BCUT2D eigenvalue weighted by atomic mass is 9.78. The van der Waals surface area contributed by atoms with Crippen LogP contribution in [0.15, 0.2) is 53.3 Å². The second-order valence-electron chi connectivity index (χ2n) is 7.67. The van der Waals surface area contributed by atoms with E-state index in [9.17, 15) is 14.4 Å². The second kappa shape index (κ2) is 8.11. The van der Waals surface area contributed by atoms with E-state index in [0.29, 0.717) is 26.2 Å². The Morgan fingerprint density at radius 3 is 2.66 bits per heavy atom. The molecule has 1 aromatic heterocycles. The van der Waals surface area contributed by atoms with Crippen molar-refractivity contribution < 1.29 is 14.3 Å². The number of rotatable bonds is 5. The van der Waals surface area contributed by atoms with E-state index >= 15 is 0 Å². The summed E-state index contributed by atoms with van der Waals surface area (Å²) in [7, 11) is 0. The van der Waals surface area contributed by atoms with Crippen LogP contribution in [0, 0.1) is 5.92 Å². The van der Waals surface area contributed by atoms with Crippen molar-refractivity contribution in [1.82, 2.24) is 14.8 Å². The van der Waals surface area contributed by atoms with E-state index in [4.69, 9.17) is 4.74 Å². The highest BCUT2D eigenvalue weighted by Crippen LogP contribution is 2.41. The van der Waals surface area contributed by atoms with Gasteiger partial charge in [0, 0.05) is 43.6 Å². The monoisotopic (exact) mass is 395 g/mol. The number of hydrogen-bond donors (Lipinski definition) is 1. The van der Waals surface area contributed by atoms with E-state index in [-0.39, 0.29) is 29.2 Å². The molecule has 2 aliphatic rings. The van der Waals surface area contributed by atoms with Crippen molar-refractivity contribution in [2.75, 3.05) is 26.2 Å². The fraction of sp³-hybridized carbons (Fsp3) is 0.409. The molecule has 2 amide bonds. The van der Waals surface area contributed by atoms with Gasteiger partial charge < -0.3 is 15.0 Å².